The van der Waals surface area contributed by atoms with Gasteiger partial charge in [0.2, 0.25) is 0 Å². The van der Waals surface area contributed by atoms with Crippen molar-refractivity contribution in [1.82, 2.24) is 0 Å². The normalized spacial score (nSPS) is 11.6. The third-order valence-corrected chi connectivity index (χ3v) is 16.5. The summed E-state index contributed by atoms with van der Waals surface area (Å²) in [5.74, 6) is 14.1. The standard InChI is InChI=1S/C76H128N2.Ni/c1-5-9-12-15-17-19-21-23-25-27-29-31-33-35-37-39-41-43-45-47-49-51-53-55-57-64-71-66-60-62-68-74(71)77-73(8-4)76(70-59-14-11-7-3)78-75-69-63-61-67-72(75)65-58-56-54-52-50-48-46-44-42-40-38-36-34-32-30-28-26-24-22-20-18-16-13-10-6-2;/h60-63,66-69H,5-52,57-59,64-65,70H2,1-4H3;/b77-73+,78-76-;. The van der Waals surface area contributed by atoms with Gasteiger partial charge in [-0.2, -0.15) is 0 Å². The van der Waals surface area contributed by atoms with Gasteiger partial charge < -0.3 is 0 Å². The first kappa shape index (κ1) is 74.4. The zero-order valence-electron chi connectivity index (χ0n) is 53.0. The van der Waals surface area contributed by atoms with E-state index in [1.54, 1.807) is 0 Å². The first-order valence-electron chi connectivity index (χ1n) is 35.0. The second kappa shape index (κ2) is 60.0. The second-order valence-corrected chi connectivity index (χ2v) is 23.9. The summed E-state index contributed by atoms with van der Waals surface area (Å²) in [4.78, 5) is 10.8. The van der Waals surface area contributed by atoms with E-state index in [9.17, 15) is 0 Å². The Labute approximate surface area is 504 Å². The van der Waals surface area contributed by atoms with Crippen LogP contribution in [0.4, 0.5) is 11.4 Å². The summed E-state index contributed by atoms with van der Waals surface area (Å²) >= 11 is 0. The Morgan fingerprint density at radius 2 is 0.519 bits per heavy atom. The molecule has 0 unspecified atom stereocenters. The van der Waals surface area contributed by atoms with Gasteiger partial charge in [-0.25, -0.2) is 0 Å². The van der Waals surface area contributed by atoms with Crippen LogP contribution in [0.1, 0.15) is 373 Å². The number of unbranched alkanes of at least 4 members (excludes halogenated alkanes) is 45. The van der Waals surface area contributed by atoms with Crippen molar-refractivity contribution in [2.45, 2.75) is 374 Å². The van der Waals surface area contributed by atoms with E-state index in [-0.39, 0.29) is 16.5 Å². The maximum atomic E-state index is 5.45. The molecular formula is C76H128N2Ni. The van der Waals surface area contributed by atoms with E-state index in [4.69, 9.17) is 9.98 Å². The van der Waals surface area contributed by atoms with Crippen LogP contribution in [0.25, 0.3) is 0 Å². The molecule has 0 spiro atoms. The average Bonchev–Trinajstić information content (AvgIpc) is 3.48. The van der Waals surface area contributed by atoms with Gasteiger partial charge in [0.15, 0.2) is 0 Å². The van der Waals surface area contributed by atoms with Crippen molar-refractivity contribution in [3.05, 3.63) is 59.7 Å². The molecule has 0 fully saturated rings. The summed E-state index contributed by atoms with van der Waals surface area (Å²) < 4.78 is 0. The fourth-order valence-electron chi connectivity index (χ4n) is 11.3. The minimum absolute atomic E-state index is 0. The number of aliphatic imine (C=N–C) groups is 2. The van der Waals surface area contributed by atoms with Crippen LogP contribution >= 0.6 is 0 Å². The van der Waals surface area contributed by atoms with Gasteiger partial charge in [0.1, 0.15) is 0 Å². The largest absolute Gasteiger partial charge is 0.251 e. The Morgan fingerprint density at radius 3 is 0.810 bits per heavy atom. The summed E-state index contributed by atoms with van der Waals surface area (Å²) in [5, 5.41) is 0. The van der Waals surface area contributed by atoms with Crippen LogP contribution in [0.5, 0.6) is 0 Å². The SMILES string of the molecule is CCCCCCCCCCCCCCCCCCCCCCCC#CCCc1ccccc1/N=C(CCCCCC)\C(CC)=N\c1ccccc1CCC#CCCCCCCCCCCCCCCCCCCCCCCC.[Ni]. The van der Waals surface area contributed by atoms with E-state index in [2.05, 4.69) is 99.9 Å². The zero-order chi connectivity index (χ0) is 55.5. The summed E-state index contributed by atoms with van der Waals surface area (Å²) in [6, 6.07) is 17.5. The van der Waals surface area contributed by atoms with Gasteiger partial charge in [-0.05, 0) is 68.2 Å². The molecule has 0 aromatic heterocycles. The second-order valence-electron chi connectivity index (χ2n) is 23.9. The third-order valence-electron chi connectivity index (χ3n) is 16.5. The summed E-state index contributed by atoms with van der Waals surface area (Å²) in [6.07, 6.45) is 72.4. The molecule has 2 rings (SSSR count). The molecule has 79 heavy (non-hydrogen) atoms. The van der Waals surface area contributed by atoms with E-state index < -0.39 is 0 Å². The van der Waals surface area contributed by atoms with Gasteiger partial charge in [0.25, 0.3) is 0 Å². The molecule has 2 nitrogen and oxygen atoms in total. The molecule has 0 bridgehead atoms. The maximum Gasteiger partial charge on any atom is 0.0666 e. The first-order chi connectivity index (χ1) is 38.7. The summed E-state index contributed by atoms with van der Waals surface area (Å²) in [7, 11) is 0. The van der Waals surface area contributed by atoms with E-state index >= 15 is 0 Å². The van der Waals surface area contributed by atoms with Crippen molar-refractivity contribution in [2.24, 2.45) is 9.98 Å². The molecule has 3 heteroatoms. The van der Waals surface area contributed by atoms with E-state index in [0.29, 0.717) is 0 Å². The van der Waals surface area contributed by atoms with Crippen molar-refractivity contribution in [1.29, 1.82) is 0 Å². The van der Waals surface area contributed by atoms with Crippen LogP contribution in [0.15, 0.2) is 58.5 Å². The minimum atomic E-state index is 0. The van der Waals surface area contributed by atoms with Gasteiger partial charge in [-0.15, -0.1) is 23.7 Å². The topological polar surface area (TPSA) is 24.7 Å². The Hall–Kier alpha value is -2.61. The molecule has 0 saturated carbocycles. The van der Waals surface area contributed by atoms with Crippen LogP contribution in [-0.4, -0.2) is 11.4 Å². The number of rotatable bonds is 55. The van der Waals surface area contributed by atoms with E-state index in [0.717, 1.165) is 80.6 Å². The fourth-order valence-corrected chi connectivity index (χ4v) is 11.3. The van der Waals surface area contributed by atoms with Gasteiger partial charge >= 0.3 is 0 Å². The fraction of sp³-hybridized carbons (Fsp3) is 0.763. The van der Waals surface area contributed by atoms with Gasteiger partial charge in [0, 0.05) is 42.2 Å². The van der Waals surface area contributed by atoms with Crippen molar-refractivity contribution in [3.63, 3.8) is 0 Å². The predicted molar refractivity (Wildman–Crippen MR) is 353 cm³/mol. The number of hydrogen-bond acceptors (Lipinski definition) is 2. The first-order valence-corrected chi connectivity index (χ1v) is 35.0. The quantitative estimate of drug-likeness (QED) is 0.0273. The molecular weight excluding hydrogens is 1000 g/mol. The van der Waals surface area contributed by atoms with Crippen LogP contribution in [0.2, 0.25) is 0 Å². The number of aryl methyl sites for hydroxylation is 2. The molecule has 0 saturated heterocycles. The van der Waals surface area contributed by atoms with Crippen LogP contribution < -0.4 is 0 Å². The van der Waals surface area contributed by atoms with Crippen LogP contribution in [0.3, 0.4) is 0 Å². The molecule has 0 heterocycles. The Bertz CT molecular complexity index is 1800. The molecule has 0 N–H and O–H groups in total. The Balaban J connectivity index is 0.0000312. The molecule has 2 aromatic carbocycles. The Morgan fingerprint density at radius 1 is 0.278 bits per heavy atom. The number of nitrogens with zero attached hydrogens (tertiary/aromatic N) is 2. The molecule has 0 aliphatic heterocycles. The molecule has 0 amide bonds. The molecule has 452 valence electrons. The molecule has 0 atom stereocenters. The average molecular weight is 1130 g/mol. The zero-order valence-corrected chi connectivity index (χ0v) is 54.0. The third kappa shape index (κ3) is 46.6. The smallest absolute Gasteiger partial charge is 0.0666 e. The Kier molecular flexibility index (Phi) is 56.5. The van der Waals surface area contributed by atoms with Gasteiger partial charge in [-0.3, -0.25) is 9.98 Å². The summed E-state index contributed by atoms with van der Waals surface area (Å²) in [6.45, 7) is 9.16. The summed E-state index contributed by atoms with van der Waals surface area (Å²) in [5.41, 5.74) is 7.05. The molecule has 2 aromatic rings. The van der Waals surface area contributed by atoms with Crippen molar-refractivity contribution in [3.8, 4) is 23.7 Å². The molecule has 0 radical (unpaired) electrons. The van der Waals surface area contributed by atoms with E-state index in [1.807, 2.05) is 0 Å². The molecule has 0 aliphatic carbocycles. The monoisotopic (exact) mass is 1130 g/mol. The minimum Gasteiger partial charge on any atom is -0.251 e. The molecule has 0 aliphatic rings. The van der Waals surface area contributed by atoms with Gasteiger partial charge in [-0.1, -0.05) is 340 Å². The van der Waals surface area contributed by atoms with Gasteiger partial charge in [0.05, 0.1) is 22.8 Å². The van der Waals surface area contributed by atoms with Crippen LogP contribution in [-0.2, 0) is 29.3 Å². The maximum absolute atomic E-state index is 5.45. The van der Waals surface area contributed by atoms with Crippen molar-refractivity contribution < 1.29 is 16.5 Å². The van der Waals surface area contributed by atoms with E-state index in [1.165, 1.54) is 300 Å². The number of benzene rings is 2. The van der Waals surface area contributed by atoms with Crippen molar-refractivity contribution >= 4 is 22.8 Å². The predicted octanol–water partition coefficient (Wildman–Crippen LogP) is 26.0. The number of para-hydroxylation sites is 2. The van der Waals surface area contributed by atoms with Crippen LogP contribution in [0, 0.1) is 23.7 Å². The number of hydrogen-bond donors (Lipinski definition) is 0. The van der Waals surface area contributed by atoms with Crippen molar-refractivity contribution in [2.75, 3.05) is 0 Å².